The molecular formula is C26H29N3O5S. The van der Waals surface area contributed by atoms with Gasteiger partial charge in [-0.3, -0.25) is 14.3 Å². The van der Waals surface area contributed by atoms with Gasteiger partial charge in [0.2, 0.25) is 5.91 Å². The van der Waals surface area contributed by atoms with E-state index in [2.05, 4.69) is 10.0 Å². The molecule has 0 saturated heterocycles. The van der Waals surface area contributed by atoms with E-state index < -0.39 is 15.9 Å². The molecule has 0 saturated carbocycles. The highest BCUT2D eigenvalue weighted by Gasteiger charge is 2.23. The second kappa shape index (κ2) is 11.1. The van der Waals surface area contributed by atoms with Gasteiger partial charge in [-0.1, -0.05) is 30.3 Å². The number of nitrogens with one attached hydrogen (secondary N) is 2. The van der Waals surface area contributed by atoms with Crippen LogP contribution in [0.2, 0.25) is 0 Å². The molecule has 2 N–H and O–H groups in total. The molecule has 3 rings (SSSR count). The van der Waals surface area contributed by atoms with Crippen LogP contribution in [0.3, 0.4) is 0 Å². The zero-order chi connectivity index (χ0) is 25.6. The number of carbonyl (C=O) groups excluding carboxylic acids is 2. The van der Waals surface area contributed by atoms with Crippen molar-refractivity contribution >= 4 is 33.2 Å². The summed E-state index contributed by atoms with van der Waals surface area (Å²) in [5.41, 5.74) is 2.61. The van der Waals surface area contributed by atoms with Crippen LogP contribution in [-0.2, 0) is 14.8 Å². The monoisotopic (exact) mass is 495 g/mol. The number of nitrogens with zero attached hydrogens (tertiary/aromatic N) is 1. The van der Waals surface area contributed by atoms with Crippen LogP contribution in [0.4, 0.5) is 11.4 Å². The molecule has 0 aliphatic carbocycles. The van der Waals surface area contributed by atoms with Gasteiger partial charge in [0.05, 0.1) is 17.7 Å². The minimum atomic E-state index is -3.92. The fraction of sp³-hybridized carbons (Fsp3) is 0.231. The van der Waals surface area contributed by atoms with E-state index in [-0.39, 0.29) is 29.5 Å². The SMILES string of the molecule is CCN(CC(=O)Nc1cccc(OC)c1)C(=O)c1cc(S(=O)(=O)Nc2ccccc2C)ccc1C. The van der Waals surface area contributed by atoms with E-state index in [1.807, 2.05) is 6.07 Å². The van der Waals surface area contributed by atoms with Crippen LogP contribution < -0.4 is 14.8 Å². The van der Waals surface area contributed by atoms with Gasteiger partial charge >= 0.3 is 0 Å². The lowest BCUT2D eigenvalue weighted by atomic mass is 10.1. The van der Waals surface area contributed by atoms with Crippen molar-refractivity contribution in [2.45, 2.75) is 25.7 Å². The first kappa shape index (κ1) is 25.8. The lowest BCUT2D eigenvalue weighted by Crippen LogP contribution is -2.38. The fourth-order valence-electron chi connectivity index (χ4n) is 3.46. The molecule has 0 bridgehead atoms. The standard InChI is InChI=1S/C26H29N3O5S/c1-5-29(17-25(30)27-20-10-8-11-21(15-20)34-4)26(31)23-16-22(14-13-18(23)2)35(32,33)28-24-12-7-6-9-19(24)3/h6-16,28H,5,17H2,1-4H3,(H,27,30). The van der Waals surface area contributed by atoms with Gasteiger partial charge in [0.15, 0.2) is 0 Å². The van der Waals surface area contributed by atoms with E-state index >= 15 is 0 Å². The third-order valence-corrected chi connectivity index (χ3v) is 6.86. The van der Waals surface area contributed by atoms with Gasteiger partial charge in [0, 0.05) is 23.9 Å². The summed E-state index contributed by atoms with van der Waals surface area (Å²) in [5.74, 6) is -0.214. The number of methoxy groups -OCH3 is 1. The first-order valence-electron chi connectivity index (χ1n) is 11.1. The Labute approximate surface area is 206 Å². The molecule has 184 valence electrons. The minimum absolute atomic E-state index is 0.0356. The Hall–Kier alpha value is -3.85. The molecule has 3 aromatic rings. The van der Waals surface area contributed by atoms with Crippen molar-refractivity contribution in [3.05, 3.63) is 83.4 Å². The van der Waals surface area contributed by atoms with Crippen molar-refractivity contribution in [2.75, 3.05) is 30.2 Å². The van der Waals surface area contributed by atoms with Crippen molar-refractivity contribution in [3.63, 3.8) is 0 Å². The van der Waals surface area contributed by atoms with Crippen LogP contribution in [-0.4, -0.2) is 45.3 Å². The first-order chi connectivity index (χ1) is 16.6. The quantitative estimate of drug-likeness (QED) is 0.463. The maximum absolute atomic E-state index is 13.3. The molecule has 0 atom stereocenters. The fourth-order valence-corrected chi connectivity index (χ4v) is 4.62. The highest BCUT2D eigenvalue weighted by Crippen LogP contribution is 2.22. The molecule has 0 aliphatic rings. The number of aryl methyl sites for hydroxylation is 2. The predicted octanol–water partition coefficient (Wildman–Crippen LogP) is 4.21. The molecule has 0 fully saturated rings. The number of hydrogen-bond acceptors (Lipinski definition) is 5. The third-order valence-electron chi connectivity index (χ3n) is 5.50. The summed E-state index contributed by atoms with van der Waals surface area (Å²) in [6.45, 7) is 5.36. The van der Waals surface area contributed by atoms with E-state index in [9.17, 15) is 18.0 Å². The third kappa shape index (κ3) is 6.39. The number of ether oxygens (including phenoxy) is 1. The summed E-state index contributed by atoms with van der Waals surface area (Å²) in [5, 5.41) is 2.75. The Balaban J connectivity index is 1.80. The van der Waals surface area contributed by atoms with Crippen LogP contribution in [0.25, 0.3) is 0 Å². The number of amides is 2. The van der Waals surface area contributed by atoms with Crippen LogP contribution in [0, 0.1) is 13.8 Å². The average molecular weight is 496 g/mol. The highest BCUT2D eigenvalue weighted by atomic mass is 32.2. The van der Waals surface area contributed by atoms with Gasteiger partial charge in [-0.15, -0.1) is 0 Å². The van der Waals surface area contributed by atoms with E-state index in [1.54, 1.807) is 69.3 Å². The van der Waals surface area contributed by atoms with Crippen molar-refractivity contribution < 1.29 is 22.7 Å². The van der Waals surface area contributed by atoms with Crippen molar-refractivity contribution in [1.29, 1.82) is 0 Å². The zero-order valence-electron chi connectivity index (χ0n) is 20.2. The predicted molar refractivity (Wildman–Crippen MR) is 136 cm³/mol. The molecule has 0 spiro atoms. The van der Waals surface area contributed by atoms with Crippen LogP contribution in [0.15, 0.2) is 71.6 Å². The molecule has 2 amide bonds. The average Bonchev–Trinajstić information content (AvgIpc) is 2.83. The first-order valence-corrected chi connectivity index (χ1v) is 12.5. The Morgan fingerprint density at radius 1 is 0.943 bits per heavy atom. The largest absolute Gasteiger partial charge is 0.497 e. The topological polar surface area (TPSA) is 105 Å². The number of sulfonamides is 1. The van der Waals surface area contributed by atoms with Crippen LogP contribution >= 0.6 is 0 Å². The number of hydrogen-bond donors (Lipinski definition) is 2. The van der Waals surface area contributed by atoms with E-state index in [0.717, 1.165) is 5.56 Å². The minimum Gasteiger partial charge on any atom is -0.497 e. The van der Waals surface area contributed by atoms with Gasteiger partial charge < -0.3 is 15.0 Å². The molecule has 0 aliphatic heterocycles. The second-order valence-electron chi connectivity index (χ2n) is 8.00. The maximum Gasteiger partial charge on any atom is 0.261 e. The number of para-hydroxylation sites is 1. The van der Waals surface area contributed by atoms with E-state index in [1.165, 1.54) is 24.1 Å². The number of anilines is 2. The summed E-state index contributed by atoms with van der Waals surface area (Å²) in [7, 11) is -2.39. The van der Waals surface area contributed by atoms with Gasteiger partial charge in [-0.05, 0) is 62.2 Å². The normalized spacial score (nSPS) is 11.0. The van der Waals surface area contributed by atoms with Gasteiger partial charge in [-0.2, -0.15) is 0 Å². The van der Waals surface area contributed by atoms with Crippen molar-refractivity contribution in [3.8, 4) is 5.75 Å². The molecular weight excluding hydrogens is 466 g/mol. The molecule has 35 heavy (non-hydrogen) atoms. The molecule has 3 aromatic carbocycles. The number of benzene rings is 3. The van der Waals surface area contributed by atoms with Crippen LogP contribution in [0.5, 0.6) is 5.75 Å². The Bertz CT molecular complexity index is 1340. The Morgan fingerprint density at radius 2 is 1.69 bits per heavy atom. The van der Waals surface area contributed by atoms with Crippen molar-refractivity contribution in [1.82, 2.24) is 4.90 Å². The number of likely N-dealkylation sites (N-methyl/N-ethyl adjacent to an activating group) is 1. The second-order valence-corrected chi connectivity index (χ2v) is 9.68. The lowest BCUT2D eigenvalue weighted by molar-refractivity contribution is -0.116. The molecule has 8 nitrogen and oxygen atoms in total. The summed E-state index contributed by atoms with van der Waals surface area (Å²) in [6.07, 6.45) is 0. The Kier molecular flexibility index (Phi) is 8.14. The molecule has 0 unspecified atom stereocenters. The summed E-state index contributed by atoms with van der Waals surface area (Å²) < 4.78 is 33.7. The molecule has 0 aromatic heterocycles. The highest BCUT2D eigenvalue weighted by molar-refractivity contribution is 7.92. The maximum atomic E-state index is 13.3. The zero-order valence-corrected chi connectivity index (χ0v) is 21.0. The smallest absolute Gasteiger partial charge is 0.261 e. The Morgan fingerprint density at radius 3 is 2.37 bits per heavy atom. The molecule has 9 heteroatoms. The number of rotatable bonds is 9. The molecule has 0 radical (unpaired) electrons. The molecule has 0 heterocycles. The van der Waals surface area contributed by atoms with Gasteiger partial charge in [0.25, 0.3) is 15.9 Å². The van der Waals surface area contributed by atoms with Gasteiger partial charge in [-0.25, -0.2) is 8.42 Å². The van der Waals surface area contributed by atoms with Crippen LogP contribution in [0.1, 0.15) is 28.4 Å². The number of carbonyl (C=O) groups is 2. The van der Waals surface area contributed by atoms with Gasteiger partial charge in [0.1, 0.15) is 12.3 Å². The summed E-state index contributed by atoms with van der Waals surface area (Å²) in [6, 6.07) is 18.3. The van der Waals surface area contributed by atoms with E-state index in [0.29, 0.717) is 22.7 Å². The lowest BCUT2D eigenvalue weighted by Gasteiger charge is -2.22. The van der Waals surface area contributed by atoms with E-state index in [4.69, 9.17) is 4.74 Å². The summed E-state index contributed by atoms with van der Waals surface area (Å²) in [4.78, 5) is 27.2. The summed E-state index contributed by atoms with van der Waals surface area (Å²) >= 11 is 0. The van der Waals surface area contributed by atoms with Crippen molar-refractivity contribution in [2.24, 2.45) is 0 Å².